The average molecular weight is 282 g/mol. The Morgan fingerprint density at radius 2 is 1.84 bits per heavy atom. The zero-order valence-electron chi connectivity index (χ0n) is 11.2. The number of anilines is 1. The van der Waals surface area contributed by atoms with Crippen molar-refractivity contribution in [1.29, 1.82) is 0 Å². The Labute approximate surface area is 119 Å². The third kappa shape index (κ3) is 3.85. The molecule has 2 N–H and O–H groups in total. The first-order valence-corrected chi connectivity index (χ1v) is 6.98. The van der Waals surface area contributed by atoms with Gasteiger partial charge in [-0.15, -0.1) is 0 Å². The normalized spacial score (nSPS) is 17.4. The second-order valence-corrected chi connectivity index (χ2v) is 5.46. The number of nitrogens with two attached hydrogens (primary N) is 1. The van der Waals surface area contributed by atoms with Crippen LogP contribution < -0.4 is 10.6 Å². The molecule has 104 valence electrons. The number of carbonyl (C=O) groups excluding carboxylic acids is 1. The zero-order chi connectivity index (χ0) is 13.8. The molecule has 1 aromatic rings. The lowest BCUT2D eigenvalue weighted by atomic mass is 10.2. The van der Waals surface area contributed by atoms with Crippen molar-refractivity contribution >= 4 is 23.2 Å². The minimum absolute atomic E-state index is 0.0678. The molecule has 1 amide bonds. The zero-order valence-corrected chi connectivity index (χ0v) is 11.9. The molecule has 1 aromatic carbocycles. The number of halogens is 1. The van der Waals surface area contributed by atoms with Gasteiger partial charge >= 0.3 is 0 Å². The molecule has 0 saturated carbocycles. The van der Waals surface area contributed by atoms with E-state index >= 15 is 0 Å². The second-order valence-electron chi connectivity index (χ2n) is 5.03. The SMILES string of the molecule is CC(N)CC(=O)N1CCN(c2ccc(Cl)cc2)CC1. The second kappa shape index (κ2) is 6.26. The summed E-state index contributed by atoms with van der Waals surface area (Å²) in [5.74, 6) is 0.158. The maximum atomic E-state index is 11.9. The largest absolute Gasteiger partial charge is 0.368 e. The van der Waals surface area contributed by atoms with Crippen molar-refractivity contribution in [3.63, 3.8) is 0 Å². The molecule has 19 heavy (non-hydrogen) atoms. The highest BCUT2D eigenvalue weighted by atomic mass is 35.5. The van der Waals surface area contributed by atoms with Crippen LogP contribution in [0.3, 0.4) is 0 Å². The van der Waals surface area contributed by atoms with Crippen molar-refractivity contribution in [2.24, 2.45) is 5.73 Å². The van der Waals surface area contributed by atoms with E-state index < -0.39 is 0 Å². The van der Waals surface area contributed by atoms with Crippen molar-refractivity contribution in [1.82, 2.24) is 4.90 Å². The number of carbonyl (C=O) groups is 1. The number of amides is 1. The molecule has 1 aliphatic heterocycles. The Balaban J connectivity index is 1.88. The molecule has 1 aliphatic rings. The van der Waals surface area contributed by atoms with E-state index in [9.17, 15) is 4.79 Å². The molecule has 1 heterocycles. The molecule has 2 rings (SSSR count). The van der Waals surface area contributed by atoms with Crippen LogP contribution in [0.4, 0.5) is 5.69 Å². The van der Waals surface area contributed by atoms with Crippen LogP contribution in [0.25, 0.3) is 0 Å². The summed E-state index contributed by atoms with van der Waals surface area (Å²) in [7, 11) is 0. The Morgan fingerprint density at radius 1 is 1.26 bits per heavy atom. The number of benzene rings is 1. The van der Waals surface area contributed by atoms with Crippen LogP contribution in [-0.2, 0) is 4.79 Å². The molecule has 5 heteroatoms. The highest BCUT2D eigenvalue weighted by Gasteiger charge is 2.21. The van der Waals surface area contributed by atoms with Crippen molar-refractivity contribution in [2.75, 3.05) is 31.1 Å². The van der Waals surface area contributed by atoms with Crippen LogP contribution in [0, 0.1) is 0 Å². The summed E-state index contributed by atoms with van der Waals surface area (Å²) in [5.41, 5.74) is 6.82. The summed E-state index contributed by atoms with van der Waals surface area (Å²) in [6, 6.07) is 7.75. The van der Waals surface area contributed by atoms with Gasteiger partial charge in [-0.1, -0.05) is 11.6 Å². The maximum Gasteiger partial charge on any atom is 0.224 e. The van der Waals surface area contributed by atoms with E-state index in [0.29, 0.717) is 6.42 Å². The van der Waals surface area contributed by atoms with Gasteiger partial charge in [0.25, 0.3) is 0 Å². The lowest BCUT2D eigenvalue weighted by molar-refractivity contribution is -0.131. The molecule has 0 radical (unpaired) electrons. The van der Waals surface area contributed by atoms with E-state index in [1.54, 1.807) is 0 Å². The van der Waals surface area contributed by atoms with Gasteiger partial charge in [-0.05, 0) is 31.2 Å². The fourth-order valence-electron chi connectivity index (χ4n) is 2.27. The summed E-state index contributed by atoms with van der Waals surface area (Å²) in [6.45, 7) is 5.09. The fraction of sp³-hybridized carbons (Fsp3) is 0.500. The van der Waals surface area contributed by atoms with Crippen LogP contribution in [-0.4, -0.2) is 43.0 Å². The standard InChI is InChI=1S/C14H20ClN3O/c1-11(16)10-14(19)18-8-6-17(7-9-18)13-4-2-12(15)3-5-13/h2-5,11H,6-10,16H2,1H3. The van der Waals surface area contributed by atoms with E-state index in [4.69, 9.17) is 17.3 Å². The third-order valence-electron chi connectivity index (χ3n) is 3.32. The van der Waals surface area contributed by atoms with E-state index in [0.717, 1.165) is 36.9 Å². The molecule has 4 nitrogen and oxygen atoms in total. The van der Waals surface area contributed by atoms with Crippen molar-refractivity contribution in [3.05, 3.63) is 29.3 Å². The number of hydrogen-bond donors (Lipinski definition) is 1. The van der Waals surface area contributed by atoms with Gasteiger partial charge in [0.15, 0.2) is 0 Å². The Morgan fingerprint density at radius 3 is 2.37 bits per heavy atom. The van der Waals surface area contributed by atoms with E-state index in [1.165, 1.54) is 0 Å². The summed E-state index contributed by atoms with van der Waals surface area (Å²) in [5, 5.41) is 0.745. The molecule has 0 spiro atoms. The van der Waals surface area contributed by atoms with Gasteiger partial charge in [0.1, 0.15) is 0 Å². The van der Waals surface area contributed by atoms with E-state index in [-0.39, 0.29) is 11.9 Å². The van der Waals surface area contributed by atoms with Gasteiger partial charge in [-0.25, -0.2) is 0 Å². The van der Waals surface area contributed by atoms with Crippen molar-refractivity contribution in [2.45, 2.75) is 19.4 Å². The highest BCUT2D eigenvalue weighted by molar-refractivity contribution is 6.30. The minimum Gasteiger partial charge on any atom is -0.368 e. The van der Waals surface area contributed by atoms with E-state index in [2.05, 4.69) is 4.90 Å². The predicted molar refractivity (Wildman–Crippen MR) is 78.5 cm³/mol. The van der Waals surface area contributed by atoms with Crippen molar-refractivity contribution in [3.8, 4) is 0 Å². The Kier molecular flexibility index (Phi) is 4.66. The smallest absolute Gasteiger partial charge is 0.224 e. The summed E-state index contributed by atoms with van der Waals surface area (Å²) < 4.78 is 0. The summed E-state index contributed by atoms with van der Waals surface area (Å²) in [4.78, 5) is 16.1. The molecule has 1 unspecified atom stereocenters. The Hall–Kier alpha value is -1.26. The molecule has 0 aromatic heterocycles. The first kappa shape index (κ1) is 14.2. The highest BCUT2D eigenvalue weighted by Crippen LogP contribution is 2.19. The molecule has 0 aliphatic carbocycles. The minimum atomic E-state index is -0.0678. The van der Waals surface area contributed by atoms with Gasteiger partial charge in [0, 0.05) is 49.4 Å². The lowest BCUT2D eigenvalue weighted by Gasteiger charge is -2.36. The van der Waals surface area contributed by atoms with Crippen LogP contribution in [0.1, 0.15) is 13.3 Å². The molecule has 1 saturated heterocycles. The maximum absolute atomic E-state index is 11.9. The summed E-state index contributed by atoms with van der Waals surface area (Å²) >= 11 is 5.88. The van der Waals surface area contributed by atoms with Gasteiger partial charge in [0.2, 0.25) is 5.91 Å². The molecule has 0 bridgehead atoms. The van der Waals surface area contributed by atoms with Crippen LogP contribution in [0.5, 0.6) is 0 Å². The first-order chi connectivity index (χ1) is 9.06. The average Bonchev–Trinajstić information content (AvgIpc) is 2.39. The topological polar surface area (TPSA) is 49.6 Å². The van der Waals surface area contributed by atoms with Crippen LogP contribution >= 0.6 is 11.6 Å². The number of nitrogens with zero attached hydrogens (tertiary/aromatic N) is 2. The van der Waals surface area contributed by atoms with Gasteiger partial charge < -0.3 is 15.5 Å². The predicted octanol–water partition coefficient (Wildman–Crippen LogP) is 1.73. The van der Waals surface area contributed by atoms with Gasteiger partial charge in [0.05, 0.1) is 0 Å². The monoisotopic (exact) mass is 281 g/mol. The molecular formula is C14H20ClN3O. The first-order valence-electron chi connectivity index (χ1n) is 6.60. The van der Waals surface area contributed by atoms with Crippen molar-refractivity contribution < 1.29 is 4.79 Å². The number of piperazine rings is 1. The van der Waals surface area contributed by atoms with Crippen LogP contribution in [0.15, 0.2) is 24.3 Å². The fourth-order valence-corrected chi connectivity index (χ4v) is 2.40. The number of rotatable bonds is 3. The van der Waals surface area contributed by atoms with Gasteiger partial charge in [-0.2, -0.15) is 0 Å². The molecular weight excluding hydrogens is 262 g/mol. The van der Waals surface area contributed by atoms with Gasteiger partial charge in [-0.3, -0.25) is 4.79 Å². The lowest BCUT2D eigenvalue weighted by Crippen LogP contribution is -2.49. The number of hydrogen-bond acceptors (Lipinski definition) is 3. The summed E-state index contributed by atoms with van der Waals surface area (Å²) in [6.07, 6.45) is 0.431. The van der Waals surface area contributed by atoms with Crippen LogP contribution in [0.2, 0.25) is 5.02 Å². The quantitative estimate of drug-likeness (QED) is 0.918. The molecule has 1 atom stereocenters. The third-order valence-corrected chi connectivity index (χ3v) is 3.57. The Bertz CT molecular complexity index is 425. The van der Waals surface area contributed by atoms with E-state index in [1.807, 2.05) is 36.1 Å². The molecule has 1 fully saturated rings.